The van der Waals surface area contributed by atoms with Crippen molar-refractivity contribution in [2.24, 2.45) is 0 Å². The van der Waals surface area contributed by atoms with Crippen molar-refractivity contribution in [2.45, 2.75) is 24.3 Å². The van der Waals surface area contributed by atoms with Gasteiger partial charge in [0.25, 0.3) is 15.9 Å². The van der Waals surface area contributed by atoms with Crippen LogP contribution in [0.5, 0.6) is 5.75 Å². The zero-order valence-electron chi connectivity index (χ0n) is 16.5. The molecular formula is C22H20Cl2N2O4S. The zero-order chi connectivity index (χ0) is 22.4. The number of rotatable bonds is 8. The Morgan fingerprint density at radius 3 is 2.19 bits per heavy atom. The maximum atomic E-state index is 12.6. The van der Waals surface area contributed by atoms with Crippen LogP contribution in [0.4, 0.5) is 11.4 Å². The molecule has 0 fully saturated rings. The van der Waals surface area contributed by atoms with Gasteiger partial charge >= 0.3 is 0 Å². The molecule has 0 radical (unpaired) electrons. The van der Waals surface area contributed by atoms with Crippen LogP contribution in [0.15, 0.2) is 77.7 Å². The van der Waals surface area contributed by atoms with E-state index in [1.807, 2.05) is 6.92 Å². The topological polar surface area (TPSA) is 84.5 Å². The number of amides is 1. The fourth-order valence-corrected chi connectivity index (χ4v) is 4.06. The summed E-state index contributed by atoms with van der Waals surface area (Å²) in [6, 6.07) is 19.0. The lowest BCUT2D eigenvalue weighted by Crippen LogP contribution is -2.32. The average Bonchev–Trinajstić information content (AvgIpc) is 2.74. The second-order valence-corrected chi connectivity index (χ2v) is 9.15. The summed E-state index contributed by atoms with van der Waals surface area (Å²) in [6.07, 6.45) is -0.288. The van der Waals surface area contributed by atoms with E-state index >= 15 is 0 Å². The zero-order valence-corrected chi connectivity index (χ0v) is 18.8. The van der Waals surface area contributed by atoms with Crippen molar-refractivity contribution in [1.29, 1.82) is 0 Å². The highest BCUT2D eigenvalue weighted by Crippen LogP contribution is 2.22. The Kier molecular flexibility index (Phi) is 7.43. The standard InChI is InChI=1S/C22H20Cl2N2O4S/c1-2-21(30-19-5-3-4-16(24)14-19)22(27)25-17-10-12-20(13-11-17)31(28,29)26-18-8-6-15(23)7-9-18/h3-14,21,26H,2H2,1H3,(H,25,27)/t21-/m0/s1. The summed E-state index contributed by atoms with van der Waals surface area (Å²) < 4.78 is 33.3. The summed E-state index contributed by atoms with van der Waals surface area (Å²) in [4.78, 5) is 12.6. The smallest absolute Gasteiger partial charge is 0.265 e. The van der Waals surface area contributed by atoms with Crippen LogP contribution in [0.3, 0.4) is 0 Å². The summed E-state index contributed by atoms with van der Waals surface area (Å²) in [5, 5.41) is 3.75. The molecule has 0 aliphatic heterocycles. The molecular weight excluding hydrogens is 459 g/mol. The number of hydrogen-bond donors (Lipinski definition) is 2. The molecule has 6 nitrogen and oxygen atoms in total. The molecule has 0 spiro atoms. The molecule has 0 unspecified atom stereocenters. The highest BCUT2D eigenvalue weighted by molar-refractivity contribution is 7.92. The largest absolute Gasteiger partial charge is 0.481 e. The molecule has 1 amide bonds. The van der Waals surface area contributed by atoms with Crippen LogP contribution in [0.1, 0.15) is 13.3 Å². The van der Waals surface area contributed by atoms with Crippen LogP contribution < -0.4 is 14.8 Å². The Balaban J connectivity index is 1.66. The molecule has 0 saturated carbocycles. The molecule has 0 saturated heterocycles. The van der Waals surface area contributed by atoms with Crippen molar-refractivity contribution in [1.82, 2.24) is 0 Å². The van der Waals surface area contributed by atoms with Crippen molar-refractivity contribution in [3.8, 4) is 5.75 Å². The fraction of sp³-hybridized carbons (Fsp3) is 0.136. The predicted molar refractivity (Wildman–Crippen MR) is 123 cm³/mol. The van der Waals surface area contributed by atoms with Crippen molar-refractivity contribution in [3.63, 3.8) is 0 Å². The molecule has 2 N–H and O–H groups in total. The summed E-state index contributed by atoms with van der Waals surface area (Å²) in [5.74, 6) is 0.140. The van der Waals surface area contributed by atoms with E-state index < -0.39 is 16.1 Å². The Morgan fingerprint density at radius 2 is 1.58 bits per heavy atom. The number of benzene rings is 3. The van der Waals surface area contributed by atoms with E-state index in [9.17, 15) is 13.2 Å². The third-order valence-corrected chi connectivity index (χ3v) is 6.15. The van der Waals surface area contributed by atoms with Gasteiger partial charge in [0.15, 0.2) is 6.10 Å². The molecule has 0 aromatic heterocycles. The first-order valence-corrected chi connectivity index (χ1v) is 11.6. The normalized spacial score (nSPS) is 12.1. The minimum absolute atomic E-state index is 0.0580. The molecule has 31 heavy (non-hydrogen) atoms. The molecule has 9 heteroatoms. The minimum Gasteiger partial charge on any atom is -0.481 e. The van der Waals surface area contributed by atoms with Gasteiger partial charge in [-0.3, -0.25) is 9.52 Å². The SMILES string of the molecule is CC[C@H](Oc1cccc(Cl)c1)C(=O)Nc1ccc(S(=O)(=O)Nc2ccc(Cl)cc2)cc1. The van der Waals surface area contributed by atoms with E-state index in [-0.39, 0.29) is 10.8 Å². The monoisotopic (exact) mass is 478 g/mol. The third-order valence-electron chi connectivity index (χ3n) is 4.27. The second kappa shape index (κ2) is 10.0. The Hall–Kier alpha value is -2.74. The van der Waals surface area contributed by atoms with Gasteiger partial charge in [-0.15, -0.1) is 0 Å². The van der Waals surface area contributed by atoms with Gasteiger partial charge < -0.3 is 10.1 Å². The predicted octanol–water partition coefficient (Wildman–Crippen LogP) is 5.59. The average molecular weight is 479 g/mol. The van der Waals surface area contributed by atoms with Gasteiger partial charge in [-0.1, -0.05) is 36.2 Å². The second-order valence-electron chi connectivity index (χ2n) is 6.60. The number of sulfonamides is 1. The van der Waals surface area contributed by atoms with E-state index in [4.69, 9.17) is 27.9 Å². The maximum absolute atomic E-state index is 12.6. The van der Waals surface area contributed by atoms with Crippen molar-refractivity contribution in [2.75, 3.05) is 10.0 Å². The number of hydrogen-bond acceptors (Lipinski definition) is 4. The van der Waals surface area contributed by atoms with E-state index in [0.29, 0.717) is 33.6 Å². The van der Waals surface area contributed by atoms with Gasteiger partial charge in [-0.2, -0.15) is 0 Å². The third kappa shape index (κ3) is 6.37. The number of carbonyl (C=O) groups is 1. The summed E-state index contributed by atoms with van der Waals surface area (Å²) in [6.45, 7) is 1.83. The van der Waals surface area contributed by atoms with Gasteiger partial charge in [-0.05, 0) is 73.2 Å². The van der Waals surface area contributed by atoms with Crippen LogP contribution in [0, 0.1) is 0 Å². The lowest BCUT2D eigenvalue weighted by atomic mass is 10.2. The Bertz CT molecular complexity index is 1150. The lowest BCUT2D eigenvalue weighted by molar-refractivity contribution is -0.122. The van der Waals surface area contributed by atoms with Crippen LogP contribution in [0.25, 0.3) is 0 Å². The first-order chi connectivity index (χ1) is 14.8. The van der Waals surface area contributed by atoms with E-state index in [0.717, 1.165) is 0 Å². The molecule has 0 bridgehead atoms. The summed E-state index contributed by atoms with van der Waals surface area (Å²) >= 11 is 11.8. The summed E-state index contributed by atoms with van der Waals surface area (Å²) in [5.41, 5.74) is 0.842. The number of halogens is 2. The molecule has 0 aliphatic carbocycles. The fourth-order valence-electron chi connectivity index (χ4n) is 2.70. The molecule has 0 heterocycles. The number of anilines is 2. The van der Waals surface area contributed by atoms with Crippen LogP contribution in [-0.2, 0) is 14.8 Å². The molecule has 3 rings (SSSR count). The van der Waals surface area contributed by atoms with Crippen molar-refractivity contribution >= 4 is 50.5 Å². The number of nitrogens with one attached hydrogen (secondary N) is 2. The van der Waals surface area contributed by atoms with Gasteiger partial charge in [0.1, 0.15) is 5.75 Å². The molecule has 162 valence electrons. The molecule has 3 aromatic rings. The van der Waals surface area contributed by atoms with Gasteiger partial charge in [-0.25, -0.2) is 8.42 Å². The first-order valence-electron chi connectivity index (χ1n) is 9.38. The van der Waals surface area contributed by atoms with Gasteiger partial charge in [0, 0.05) is 21.4 Å². The molecule has 1 atom stereocenters. The quantitative estimate of drug-likeness (QED) is 0.441. The van der Waals surface area contributed by atoms with E-state index in [2.05, 4.69) is 10.0 Å². The first kappa shape index (κ1) is 22.9. The van der Waals surface area contributed by atoms with Crippen molar-refractivity contribution in [3.05, 3.63) is 82.8 Å². The van der Waals surface area contributed by atoms with Crippen LogP contribution in [-0.4, -0.2) is 20.4 Å². The van der Waals surface area contributed by atoms with E-state index in [1.54, 1.807) is 48.5 Å². The Labute approximate surface area is 191 Å². The van der Waals surface area contributed by atoms with Crippen LogP contribution >= 0.6 is 23.2 Å². The highest BCUT2D eigenvalue weighted by atomic mass is 35.5. The number of carbonyl (C=O) groups excluding carboxylic acids is 1. The highest BCUT2D eigenvalue weighted by Gasteiger charge is 2.19. The van der Waals surface area contributed by atoms with Crippen LogP contribution in [0.2, 0.25) is 10.0 Å². The van der Waals surface area contributed by atoms with Gasteiger partial charge in [0.05, 0.1) is 4.90 Å². The Morgan fingerprint density at radius 1 is 0.935 bits per heavy atom. The number of ether oxygens (including phenoxy) is 1. The summed E-state index contributed by atoms with van der Waals surface area (Å²) in [7, 11) is -3.78. The van der Waals surface area contributed by atoms with Gasteiger partial charge in [0.2, 0.25) is 0 Å². The van der Waals surface area contributed by atoms with E-state index in [1.165, 1.54) is 24.3 Å². The minimum atomic E-state index is -3.78. The molecule has 3 aromatic carbocycles. The van der Waals surface area contributed by atoms with Crippen molar-refractivity contribution < 1.29 is 17.9 Å². The lowest BCUT2D eigenvalue weighted by Gasteiger charge is -2.17. The molecule has 0 aliphatic rings. The maximum Gasteiger partial charge on any atom is 0.265 e.